The van der Waals surface area contributed by atoms with Crippen molar-refractivity contribution in [2.75, 3.05) is 6.54 Å². The molecule has 1 aliphatic heterocycles. The van der Waals surface area contributed by atoms with E-state index in [1.165, 1.54) is 10.2 Å². The summed E-state index contributed by atoms with van der Waals surface area (Å²) in [6, 6.07) is 8.29. The molecule has 0 saturated carbocycles. The number of likely N-dealkylation sites (tertiary alicyclic amines) is 1. The normalized spacial score (nSPS) is 17.1. The van der Waals surface area contributed by atoms with Crippen LogP contribution in [-0.2, 0) is 14.8 Å². The molecule has 3 aromatic heterocycles. The van der Waals surface area contributed by atoms with Crippen molar-refractivity contribution >= 4 is 48.5 Å². The van der Waals surface area contributed by atoms with Gasteiger partial charge in [-0.25, -0.2) is 22.4 Å². The van der Waals surface area contributed by atoms with E-state index in [1.807, 2.05) is 16.2 Å². The number of hydrogen-bond donors (Lipinski definition) is 0. The molecule has 1 aliphatic rings. The van der Waals surface area contributed by atoms with Crippen molar-refractivity contribution in [2.24, 2.45) is 0 Å². The summed E-state index contributed by atoms with van der Waals surface area (Å²) in [5, 5.41) is 0. The number of carbonyl (C=O) groups is 1. The van der Waals surface area contributed by atoms with E-state index in [1.54, 1.807) is 43.5 Å². The zero-order chi connectivity index (χ0) is 21.9. The highest BCUT2D eigenvalue weighted by Crippen LogP contribution is 2.35. The number of nitrogens with zero attached hydrogens (tertiary/aromatic N) is 5. The lowest BCUT2D eigenvalue weighted by molar-refractivity contribution is -0.129. The van der Waals surface area contributed by atoms with E-state index in [2.05, 4.69) is 25.9 Å². The van der Waals surface area contributed by atoms with Crippen LogP contribution < -0.4 is 0 Å². The molecule has 10 heteroatoms. The third-order valence-corrected chi connectivity index (χ3v) is 8.05. The minimum atomic E-state index is -3.81. The molecule has 4 heterocycles. The summed E-state index contributed by atoms with van der Waals surface area (Å²) in [6.07, 6.45) is 4.82. The smallest absolute Gasteiger partial charge is 0.269 e. The van der Waals surface area contributed by atoms with Gasteiger partial charge in [-0.15, -0.1) is 0 Å². The van der Waals surface area contributed by atoms with Gasteiger partial charge >= 0.3 is 0 Å². The fraction of sp³-hybridized carbons (Fsp3) is 0.286. The van der Waals surface area contributed by atoms with Crippen LogP contribution in [0.1, 0.15) is 37.2 Å². The van der Waals surface area contributed by atoms with Gasteiger partial charge in [-0.3, -0.25) is 9.20 Å². The fourth-order valence-electron chi connectivity index (χ4n) is 4.26. The van der Waals surface area contributed by atoms with Gasteiger partial charge in [0.05, 0.1) is 28.2 Å². The maximum Gasteiger partial charge on any atom is 0.269 e. The van der Waals surface area contributed by atoms with Gasteiger partial charge in [0.2, 0.25) is 5.91 Å². The molecule has 1 fully saturated rings. The molecule has 31 heavy (non-hydrogen) atoms. The molecule has 0 spiro atoms. The Labute approximate surface area is 187 Å². The molecule has 0 unspecified atom stereocenters. The van der Waals surface area contributed by atoms with Gasteiger partial charge in [0.25, 0.3) is 10.0 Å². The number of halogens is 1. The fourth-order valence-corrected chi connectivity index (χ4v) is 6.02. The third kappa shape index (κ3) is 3.08. The second kappa shape index (κ2) is 7.16. The number of hydrogen-bond acceptors (Lipinski definition) is 5. The van der Waals surface area contributed by atoms with E-state index in [0.717, 1.165) is 23.9 Å². The summed E-state index contributed by atoms with van der Waals surface area (Å²) in [6.45, 7) is 4.15. The monoisotopic (exact) mass is 501 g/mol. The Bertz CT molecular complexity index is 1440. The summed E-state index contributed by atoms with van der Waals surface area (Å²) in [5.74, 6) is 0.702. The summed E-state index contributed by atoms with van der Waals surface area (Å²) in [4.78, 5) is 23.3. The predicted molar refractivity (Wildman–Crippen MR) is 119 cm³/mol. The number of aromatic nitrogens is 4. The zero-order valence-electron chi connectivity index (χ0n) is 17.0. The quantitative estimate of drug-likeness (QED) is 0.427. The second-order valence-corrected chi connectivity index (χ2v) is 10.3. The number of rotatable bonds is 3. The molecule has 8 nitrogen and oxygen atoms in total. The SMILES string of the molecule is CC(=O)N1CCC[C@@H]1c1nc(Br)c2cnc3c(ccn3S(=O)(=O)c3ccc(C)cc3)n12. The highest BCUT2D eigenvalue weighted by atomic mass is 79.9. The molecule has 4 aromatic rings. The molecule has 0 N–H and O–H groups in total. The summed E-state index contributed by atoms with van der Waals surface area (Å²) in [5.41, 5.74) is 2.64. The lowest BCUT2D eigenvalue weighted by atomic mass is 10.2. The van der Waals surface area contributed by atoms with Crippen LogP contribution in [0.2, 0.25) is 0 Å². The Hall–Kier alpha value is -2.72. The Kier molecular flexibility index (Phi) is 4.67. The lowest BCUT2D eigenvalue weighted by Gasteiger charge is -2.22. The third-order valence-electron chi connectivity index (χ3n) is 5.78. The number of fused-ring (bicyclic) bond motifs is 3. The van der Waals surface area contributed by atoms with Crippen molar-refractivity contribution in [2.45, 2.75) is 37.6 Å². The molecule has 1 amide bonds. The Balaban J connectivity index is 1.73. The second-order valence-electron chi connectivity index (χ2n) is 7.75. The minimum absolute atomic E-state index is 0.000177. The topological polar surface area (TPSA) is 89.6 Å². The molecular formula is C21H20BrN5O3S. The Morgan fingerprint density at radius 1 is 1.16 bits per heavy atom. The first-order valence-electron chi connectivity index (χ1n) is 9.92. The van der Waals surface area contributed by atoms with Gasteiger partial charge in [-0.05, 0) is 53.9 Å². The van der Waals surface area contributed by atoms with Crippen molar-refractivity contribution in [1.29, 1.82) is 0 Å². The molecule has 1 aromatic carbocycles. The molecule has 0 aliphatic carbocycles. The number of benzene rings is 1. The van der Waals surface area contributed by atoms with Crippen LogP contribution in [0.3, 0.4) is 0 Å². The van der Waals surface area contributed by atoms with Gasteiger partial charge in [0.1, 0.15) is 10.4 Å². The Morgan fingerprint density at radius 3 is 2.61 bits per heavy atom. The summed E-state index contributed by atoms with van der Waals surface area (Å²) >= 11 is 3.50. The molecular weight excluding hydrogens is 482 g/mol. The van der Waals surface area contributed by atoms with Gasteiger partial charge in [-0.1, -0.05) is 17.7 Å². The average Bonchev–Trinajstić information content (AvgIpc) is 3.44. The average molecular weight is 502 g/mol. The standard InChI is InChI=1S/C21H20BrN5O3S/c1-13-5-7-15(8-6-13)31(29,30)26-11-9-17-20(26)23-12-18-19(22)24-21(27(17)18)16-4-3-10-25(16)14(2)28/h5-9,11-12,16H,3-4,10H2,1-2H3/t16-/m1/s1. The predicted octanol–water partition coefficient (Wildman–Crippen LogP) is 3.68. The molecule has 0 radical (unpaired) electrons. The molecule has 0 bridgehead atoms. The minimum Gasteiger partial charge on any atom is -0.333 e. The molecule has 160 valence electrons. The first-order valence-corrected chi connectivity index (χ1v) is 12.2. The van der Waals surface area contributed by atoms with Crippen LogP contribution >= 0.6 is 15.9 Å². The highest BCUT2D eigenvalue weighted by Gasteiger charge is 2.33. The van der Waals surface area contributed by atoms with Crippen molar-refractivity contribution in [3.8, 4) is 0 Å². The Morgan fingerprint density at radius 2 is 1.90 bits per heavy atom. The number of imidazole rings is 1. The van der Waals surface area contributed by atoms with E-state index < -0.39 is 10.0 Å². The van der Waals surface area contributed by atoms with Crippen LogP contribution in [0, 0.1) is 6.92 Å². The lowest BCUT2D eigenvalue weighted by Crippen LogP contribution is -2.29. The maximum absolute atomic E-state index is 13.3. The summed E-state index contributed by atoms with van der Waals surface area (Å²) < 4.78 is 30.3. The highest BCUT2D eigenvalue weighted by molar-refractivity contribution is 9.10. The molecule has 1 atom stereocenters. The zero-order valence-corrected chi connectivity index (χ0v) is 19.4. The van der Waals surface area contributed by atoms with Crippen LogP contribution in [0.5, 0.6) is 0 Å². The largest absolute Gasteiger partial charge is 0.333 e. The van der Waals surface area contributed by atoms with Crippen molar-refractivity contribution < 1.29 is 13.2 Å². The van der Waals surface area contributed by atoms with Crippen molar-refractivity contribution in [3.05, 3.63) is 58.7 Å². The van der Waals surface area contributed by atoms with E-state index in [0.29, 0.717) is 28.1 Å². The molecule has 5 rings (SSSR count). The van der Waals surface area contributed by atoms with Gasteiger partial charge in [0.15, 0.2) is 5.65 Å². The van der Waals surface area contributed by atoms with Crippen LogP contribution in [0.25, 0.3) is 16.7 Å². The van der Waals surface area contributed by atoms with E-state index in [-0.39, 0.29) is 16.8 Å². The van der Waals surface area contributed by atoms with Crippen LogP contribution in [0.4, 0.5) is 0 Å². The van der Waals surface area contributed by atoms with Crippen LogP contribution in [-0.4, -0.2) is 44.1 Å². The van der Waals surface area contributed by atoms with Crippen LogP contribution in [0.15, 0.2) is 52.2 Å². The molecule has 1 saturated heterocycles. The van der Waals surface area contributed by atoms with Crippen molar-refractivity contribution in [1.82, 2.24) is 23.2 Å². The number of amides is 1. The number of carbonyl (C=O) groups excluding carboxylic acids is 1. The van der Waals surface area contributed by atoms with E-state index in [4.69, 9.17) is 0 Å². The first-order chi connectivity index (χ1) is 14.8. The maximum atomic E-state index is 13.3. The number of aryl methyl sites for hydroxylation is 1. The van der Waals surface area contributed by atoms with Gasteiger partial charge in [-0.2, -0.15) is 0 Å². The van der Waals surface area contributed by atoms with E-state index in [9.17, 15) is 13.2 Å². The summed E-state index contributed by atoms with van der Waals surface area (Å²) in [7, 11) is -3.81. The van der Waals surface area contributed by atoms with Crippen molar-refractivity contribution in [3.63, 3.8) is 0 Å². The first kappa shape index (κ1) is 20.2. The van der Waals surface area contributed by atoms with E-state index >= 15 is 0 Å². The van der Waals surface area contributed by atoms with Gasteiger partial charge < -0.3 is 4.90 Å². The van der Waals surface area contributed by atoms with Gasteiger partial charge in [0, 0.05) is 19.7 Å².